The van der Waals surface area contributed by atoms with Gasteiger partial charge in [0.15, 0.2) is 0 Å². The van der Waals surface area contributed by atoms with Crippen molar-refractivity contribution in [3.05, 3.63) is 0 Å². The molecule has 1 saturated heterocycles. The smallest absolute Gasteiger partial charge is 0.320 e. The normalized spacial score (nSPS) is 29.7. The largest absolute Gasteiger partial charge is 0.480 e. The van der Waals surface area contributed by atoms with E-state index in [1.165, 1.54) is 0 Å². The molecule has 1 aliphatic heterocycles. The summed E-state index contributed by atoms with van der Waals surface area (Å²) >= 11 is 0. The van der Waals surface area contributed by atoms with Crippen LogP contribution >= 0.6 is 0 Å². The van der Waals surface area contributed by atoms with Gasteiger partial charge in [-0.3, -0.25) is 19.8 Å². The molecule has 3 amide bonds. The SMILES string of the molecule is NC(=O)NC(=O)CCN1C(C(=O)O)CC2CCCCC21. The number of carboxylic acids is 1. The number of nitrogens with one attached hydrogen (secondary N) is 1. The van der Waals surface area contributed by atoms with E-state index in [1.807, 2.05) is 10.2 Å². The van der Waals surface area contributed by atoms with Crippen LogP contribution in [0.2, 0.25) is 0 Å². The molecular weight excluding hydrogens is 262 g/mol. The number of fused-ring (bicyclic) bond motifs is 1. The number of urea groups is 1. The zero-order chi connectivity index (χ0) is 14.7. The zero-order valence-electron chi connectivity index (χ0n) is 11.4. The minimum atomic E-state index is -0.873. The molecule has 2 rings (SSSR count). The molecule has 2 fully saturated rings. The van der Waals surface area contributed by atoms with Gasteiger partial charge in [0.1, 0.15) is 6.04 Å². The number of nitrogens with zero attached hydrogens (tertiary/aromatic N) is 1. The average molecular weight is 283 g/mol. The summed E-state index contributed by atoms with van der Waals surface area (Å²) in [7, 11) is 0. The molecule has 0 aromatic heterocycles. The van der Waals surface area contributed by atoms with Crippen molar-refractivity contribution in [2.24, 2.45) is 11.7 Å². The van der Waals surface area contributed by atoms with Crippen molar-refractivity contribution in [3.63, 3.8) is 0 Å². The Morgan fingerprint density at radius 1 is 1.25 bits per heavy atom. The fourth-order valence-corrected chi connectivity index (χ4v) is 3.55. The number of primary amides is 1. The summed E-state index contributed by atoms with van der Waals surface area (Å²) < 4.78 is 0. The predicted molar refractivity (Wildman–Crippen MR) is 70.8 cm³/mol. The van der Waals surface area contributed by atoms with Gasteiger partial charge in [-0.2, -0.15) is 0 Å². The minimum Gasteiger partial charge on any atom is -0.480 e. The summed E-state index contributed by atoms with van der Waals surface area (Å²) in [6.07, 6.45) is 5.08. The van der Waals surface area contributed by atoms with Gasteiger partial charge in [0.05, 0.1) is 0 Å². The van der Waals surface area contributed by atoms with Crippen LogP contribution in [-0.4, -0.2) is 46.5 Å². The molecule has 1 heterocycles. The van der Waals surface area contributed by atoms with Gasteiger partial charge >= 0.3 is 12.0 Å². The van der Waals surface area contributed by atoms with Gasteiger partial charge in [-0.1, -0.05) is 12.8 Å². The highest BCUT2D eigenvalue weighted by Gasteiger charge is 2.44. The van der Waals surface area contributed by atoms with E-state index >= 15 is 0 Å². The van der Waals surface area contributed by atoms with Crippen LogP contribution in [-0.2, 0) is 9.59 Å². The molecule has 0 aromatic carbocycles. The Bertz CT molecular complexity index is 412. The lowest BCUT2D eigenvalue weighted by atomic mass is 9.85. The summed E-state index contributed by atoms with van der Waals surface area (Å²) in [4.78, 5) is 35.3. The number of imide groups is 1. The lowest BCUT2D eigenvalue weighted by Gasteiger charge is -2.32. The van der Waals surface area contributed by atoms with Crippen molar-refractivity contribution >= 4 is 17.9 Å². The molecule has 3 unspecified atom stereocenters. The lowest BCUT2D eigenvalue weighted by molar-refractivity contribution is -0.143. The maximum atomic E-state index is 11.5. The first-order valence-electron chi connectivity index (χ1n) is 7.07. The van der Waals surface area contributed by atoms with Crippen molar-refractivity contribution in [1.29, 1.82) is 0 Å². The van der Waals surface area contributed by atoms with Gasteiger partial charge < -0.3 is 10.8 Å². The van der Waals surface area contributed by atoms with Crippen LogP contribution in [0.1, 0.15) is 38.5 Å². The minimum absolute atomic E-state index is 0.0932. The molecule has 0 spiro atoms. The maximum Gasteiger partial charge on any atom is 0.320 e. The molecular formula is C13H21N3O4. The fraction of sp³-hybridized carbons (Fsp3) is 0.769. The monoisotopic (exact) mass is 283 g/mol. The van der Waals surface area contributed by atoms with Gasteiger partial charge in [-0.25, -0.2) is 4.79 Å². The quantitative estimate of drug-likeness (QED) is 0.686. The molecule has 0 bridgehead atoms. The molecule has 4 N–H and O–H groups in total. The molecule has 1 aliphatic carbocycles. The number of carbonyl (C=O) groups excluding carboxylic acids is 2. The molecule has 2 aliphatic rings. The Morgan fingerprint density at radius 3 is 2.60 bits per heavy atom. The third-order valence-electron chi connectivity index (χ3n) is 4.37. The number of aliphatic carboxylic acids is 1. The molecule has 7 nitrogen and oxygen atoms in total. The van der Waals surface area contributed by atoms with Crippen molar-refractivity contribution in [2.45, 2.75) is 50.6 Å². The number of nitrogens with two attached hydrogens (primary N) is 1. The van der Waals surface area contributed by atoms with E-state index < -0.39 is 23.9 Å². The third kappa shape index (κ3) is 3.27. The van der Waals surface area contributed by atoms with Crippen LogP contribution in [0.15, 0.2) is 0 Å². The maximum absolute atomic E-state index is 11.5. The second-order valence-electron chi connectivity index (χ2n) is 5.60. The molecule has 1 saturated carbocycles. The highest BCUT2D eigenvalue weighted by Crippen LogP contribution is 2.39. The second kappa shape index (κ2) is 6.21. The standard InChI is InChI=1S/C13H21N3O4/c14-13(20)15-11(17)5-6-16-9-4-2-1-3-8(9)7-10(16)12(18)19/h8-10H,1-7H2,(H,18,19)(H3,14,15,17,20). The van der Waals surface area contributed by atoms with Crippen LogP contribution in [0.3, 0.4) is 0 Å². The van der Waals surface area contributed by atoms with E-state index in [0.717, 1.165) is 25.7 Å². The third-order valence-corrected chi connectivity index (χ3v) is 4.37. The number of amides is 3. The second-order valence-corrected chi connectivity index (χ2v) is 5.60. The summed E-state index contributed by atoms with van der Waals surface area (Å²) in [5.74, 6) is -0.861. The van der Waals surface area contributed by atoms with Gasteiger partial charge in [-0.05, 0) is 25.2 Å². The lowest BCUT2D eigenvalue weighted by Crippen LogP contribution is -2.44. The summed E-state index contributed by atoms with van der Waals surface area (Å²) in [6, 6.07) is -1.13. The van der Waals surface area contributed by atoms with E-state index in [9.17, 15) is 19.5 Å². The van der Waals surface area contributed by atoms with E-state index in [1.54, 1.807) is 0 Å². The molecule has 112 valence electrons. The first-order chi connectivity index (χ1) is 9.49. The van der Waals surface area contributed by atoms with Crippen LogP contribution in [0, 0.1) is 5.92 Å². The Kier molecular flexibility index (Phi) is 4.59. The van der Waals surface area contributed by atoms with E-state index in [-0.39, 0.29) is 12.5 Å². The van der Waals surface area contributed by atoms with Crippen LogP contribution in [0.25, 0.3) is 0 Å². The summed E-state index contributed by atoms with van der Waals surface area (Å²) in [5, 5.41) is 11.3. The van der Waals surface area contributed by atoms with Crippen LogP contribution < -0.4 is 11.1 Å². The number of rotatable bonds is 4. The number of likely N-dealkylation sites (tertiary alicyclic amines) is 1. The Labute approximate surface area is 117 Å². The molecule has 7 heteroatoms. The van der Waals surface area contributed by atoms with Gasteiger partial charge in [-0.15, -0.1) is 0 Å². The van der Waals surface area contributed by atoms with E-state index in [0.29, 0.717) is 18.9 Å². The number of hydrogen-bond donors (Lipinski definition) is 3. The van der Waals surface area contributed by atoms with Crippen molar-refractivity contribution in [1.82, 2.24) is 10.2 Å². The number of carboxylic acid groups (broad SMARTS) is 1. The predicted octanol–water partition coefficient (Wildman–Crippen LogP) is 0.289. The molecule has 0 aromatic rings. The van der Waals surface area contributed by atoms with Gasteiger partial charge in [0.2, 0.25) is 5.91 Å². The molecule has 0 radical (unpaired) electrons. The number of hydrogen-bond acceptors (Lipinski definition) is 4. The summed E-state index contributed by atoms with van der Waals surface area (Å²) in [6.45, 7) is 0.358. The van der Waals surface area contributed by atoms with Gasteiger partial charge in [0.25, 0.3) is 0 Å². The van der Waals surface area contributed by atoms with E-state index in [2.05, 4.69) is 0 Å². The van der Waals surface area contributed by atoms with Crippen molar-refractivity contribution < 1.29 is 19.5 Å². The van der Waals surface area contributed by atoms with Crippen molar-refractivity contribution in [2.75, 3.05) is 6.54 Å². The fourth-order valence-electron chi connectivity index (χ4n) is 3.55. The van der Waals surface area contributed by atoms with Gasteiger partial charge in [0, 0.05) is 19.0 Å². The highest BCUT2D eigenvalue weighted by molar-refractivity contribution is 5.93. The topological polar surface area (TPSA) is 113 Å². The highest BCUT2D eigenvalue weighted by atomic mass is 16.4. The summed E-state index contributed by atoms with van der Waals surface area (Å²) in [5.41, 5.74) is 4.88. The van der Waals surface area contributed by atoms with Crippen LogP contribution in [0.5, 0.6) is 0 Å². The van der Waals surface area contributed by atoms with Crippen LogP contribution in [0.4, 0.5) is 4.79 Å². The Hall–Kier alpha value is -1.63. The Balaban J connectivity index is 1.96. The number of carbonyl (C=O) groups is 3. The average Bonchev–Trinajstić information content (AvgIpc) is 2.74. The zero-order valence-corrected chi connectivity index (χ0v) is 11.4. The van der Waals surface area contributed by atoms with E-state index in [4.69, 9.17) is 5.73 Å². The Morgan fingerprint density at radius 2 is 1.95 bits per heavy atom. The molecule has 20 heavy (non-hydrogen) atoms. The van der Waals surface area contributed by atoms with Crippen molar-refractivity contribution in [3.8, 4) is 0 Å². The molecule has 3 atom stereocenters. The first kappa shape index (κ1) is 14.8. The first-order valence-corrected chi connectivity index (χ1v) is 7.07.